The van der Waals surface area contributed by atoms with E-state index in [2.05, 4.69) is 5.10 Å². The summed E-state index contributed by atoms with van der Waals surface area (Å²) < 4.78 is 54.8. The van der Waals surface area contributed by atoms with Crippen molar-refractivity contribution in [2.24, 2.45) is 0 Å². The molecule has 0 aliphatic rings. The molecule has 0 aliphatic heterocycles. The van der Waals surface area contributed by atoms with Crippen molar-refractivity contribution in [3.8, 4) is 5.88 Å². The lowest BCUT2D eigenvalue weighted by atomic mass is 10.2. The minimum Gasteiger partial charge on any atom is -0.471 e. The summed E-state index contributed by atoms with van der Waals surface area (Å²) in [5.74, 6) is -0.231. The van der Waals surface area contributed by atoms with Crippen LogP contribution in [0.25, 0.3) is 0 Å². The molecule has 0 fully saturated rings. The Morgan fingerprint density at radius 2 is 2.00 bits per heavy atom. The van der Waals surface area contributed by atoms with E-state index >= 15 is 0 Å². The van der Waals surface area contributed by atoms with E-state index in [1.54, 1.807) is 6.92 Å². The molecule has 1 heterocycles. The van der Waals surface area contributed by atoms with E-state index in [4.69, 9.17) is 9.84 Å². The zero-order valence-electron chi connectivity index (χ0n) is 9.04. The molecule has 0 atom stereocenters. The molecular weight excluding hydrogens is 244 g/mol. The first kappa shape index (κ1) is 13.8. The highest BCUT2D eigenvalue weighted by atomic mass is 19.3. The van der Waals surface area contributed by atoms with Crippen LogP contribution in [0.4, 0.5) is 17.6 Å². The van der Waals surface area contributed by atoms with E-state index in [9.17, 15) is 17.6 Å². The molecule has 17 heavy (non-hydrogen) atoms. The molecule has 0 amide bonds. The second kappa shape index (κ2) is 5.85. The van der Waals surface area contributed by atoms with Gasteiger partial charge < -0.3 is 9.84 Å². The molecule has 1 rings (SSSR count). The molecule has 0 saturated heterocycles. The number of ether oxygens (including phenoxy) is 1. The summed E-state index contributed by atoms with van der Waals surface area (Å²) in [7, 11) is 0. The lowest BCUT2D eigenvalue weighted by Gasteiger charge is -2.08. The van der Waals surface area contributed by atoms with E-state index in [0.717, 1.165) is 4.68 Å². The van der Waals surface area contributed by atoms with Gasteiger partial charge in [-0.2, -0.15) is 5.10 Å². The highest BCUT2D eigenvalue weighted by molar-refractivity contribution is 5.32. The quantitative estimate of drug-likeness (QED) is 0.792. The molecule has 98 valence electrons. The summed E-state index contributed by atoms with van der Waals surface area (Å²) >= 11 is 0. The molecule has 1 aromatic heterocycles. The SMILES string of the molecule is CCn1nc(C(F)F)c(CO)c1OCC(F)F. The van der Waals surface area contributed by atoms with Crippen molar-refractivity contribution < 1.29 is 27.4 Å². The molecule has 0 radical (unpaired) electrons. The predicted molar refractivity (Wildman–Crippen MR) is 50.3 cm³/mol. The topological polar surface area (TPSA) is 47.3 Å². The molecule has 1 aromatic rings. The number of nitrogens with zero attached hydrogens (tertiary/aromatic N) is 2. The van der Waals surface area contributed by atoms with Crippen molar-refractivity contribution in [2.45, 2.75) is 32.9 Å². The van der Waals surface area contributed by atoms with Crippen molar-refractivity contribution in [2.75, 3.05) is 6.61 Å². The summed E-state index contributed by atoms with van der Waals surface area (Å²) in [4.78, 5) is 0. The Kier molecular flexibility index (Phi) is 4.73. The van der Waals surface area contributed by atoms with Crippen LogP contribution in [-0.4, -0.2) is 27.9 Å². The maximum atomic E-state index is 12.6. The van der Waals surface area contributed by atoms with E-state index in [1.165, 1.54) is 0 Å². The molecule has 1 N–H and O–H groups in total. The molecule has 0 bridgehead atoms. The summed E-state index contributed by atoms with van der Waals surface area (Å²) in [5, 5.41) is 12.5. The van der Waals surface area contributed by atoms with Gasteiger partial charge in [0.2, 0.25) is 5.88 Å². The van der Waals surface area contributed by atoms with Crippen molar-refractivity contribution in [3.05, 3.63) is 11.3 Å². The lowest BCUT2D eigenvalue weighted by Crippen LogP contribution is -2.11. The third kappa shape index (κ3) is 3.09. The Bertz CT molecular complexity index is 368. The number of aryl methyl sites for hydroxylation is 1. The number of hydrogen-bond acceptors (Lipinski definition) is 3. The van der Waals surface area contributed by atoms with Gasteiger partial charge in [0.25, 0.3) is 12.9 Å². The highest BCUT2D eigenvalue weighted by Crippen LogP contribution is 2.30. The Hall–Kier alpha value is -1.31. The summed E-state index contributed by atoms with van der Waals surface area (Å²) in [6, 6.07) is 0. The van der Waals surface area contributed by atoms with Gasteiger partial charge in [-0.3, -0.25) is 0 Å². The van der Waals surface area contributed by atoms with Crippen molar-refractivity contribution in [1.82, 2.24) is 9.78 Å². The Labute approximate surface area is 94.8 Å². The van der Waals surface area contributed by atoms with Crippen LogP contribution >= 0.6 is 0 Å². The van der Waals surface area contributed by atoms with Crippen LogP contribution in [0.1, 0.15) is 24.6 Å². The van der Waals surface area contributed by atoms with E-state index in [0.29, 0.717) is 0 Å². The summed E-state index contributed by atoms with van der Waals surface area (Å²) in [5.41, 5.74) is -0.888. The fourth-order valence-electron chi connectivity index (χ4n) is 1.34. The van der Waals surface area contributed by atoms with Gasteiger partial charge in [-0.1, -0.05) is 0 Å². The van der Waals surface area contributed by atoms with Gasteiger partial charge >= 0.3 is 0 Å². The molecule has 0 saturated carbocycles. The first-order valence-corrected chi connectivity index (χ1v) is 4.90. The van der Waals surface area contributed by atoms with Crippen LogP contribution in [0.2, 0.25) is 0 Å². The highest BCUT2D eigenvalue weighted by Gasteiger charge is 2.24. The molecule has 0 spiro atoms. The number of halogens is 4. The standard InChI is InChI=1S/C9H12F4N2O2/c1-2-15-9(17-4-6(10)11)5(3-16)7(14-15)8(12)13/h6,8,16H,2-4H2,1H3. The first-order valence-electron chi connectivity index (χ1n) is 4.90. The number of hydrogen-bond donors (Lipinski definition) is 1. The van der Waals surface area contributed by atoms with Crippen LogP contribution in [0.15, 0.2) is 0 Å². The van der Waals surface area contributed by atoms with E-state index in [1.807, 2.05) is 0 Å². The normalized spacial score (nSPS) is 11.5. The van der Waals surface area contributed by atoms with Gasteiger partial charge in [0.1, 0.15) is 5.69 Å². The molecule has 0 aliphatic carbocycles. The molecule has 0 aromatic carbocycles. The molecular formula is C9H12F4N2O2. The Morgan fingerprint density at radius 1 is 1.35 bits per heavy atom. The van der Waals surface area contributed by atoms with Crippen LogP contribution < -0.4 is 4.74 Å². The van der Waals surface area contributed by atoms with Crippen molar-refractivity contribution in [1.29, 1.82) is 0 Å². The smallest absolute Gasteiger partial charge is 0.282 e. The van der Waals surface area contributed by atoms with Crippen molar-refractivity contribution in [3.63, 3.8) is 0 Å². The van der Waals surface area contributed by atoms with Gasteiger partial charge in [0.05, 0.1) is 12.2 Å². The van der Waals surface area contributed by atoms with Crippen LogP contribution in [0.5, 0.6) is 5.88 Å². The number of aliphatic hydroxyl groups excluding tert-OH is 1. The van der Waals surface area contributed by atoms with Crippen molar-refractivity contribution >= 4 is 0 Å². The molecule has 8 heteroatoms. The minimum absolute atomic E-state index is 0.179. The maximum Gasteiger partial charge on any atom is 0.282 e. The first-order chi connectivity index (χ1) is 8.01. The largest absolute Gasteiger partial charge is 0.471 e. The van der Waals surface area contributed by atoms with Crippen LogP contribution in [0.3, 0.4) is 0 Å². The van der Waals surface area contributed by atoms with Crippen LogP contribution in [-0.2, 0) is 13.2 Å². The van der Waals surface area contributed by atoms with Gasteiger partial charge in [0, 0.05) is 6.54 Å². The van der Waals surface area contributed by atoms with E-state index in [-0.39, 0.29) is 18.0 Å². The zero-order chi connectivity index (χ0) is 13.0. The fraction of sp³-hybridized carbons (Fsp3) is 0.667. The average molecular weight is 256 g/mol. The predicted octanol–water partition coefficient (Wildman–Crippen LogP) is 1.98. The van der Waals surface area contributed by atoms with Gasteiger partial charge in [0.15, 0.2) is 6.61 Å². The minimum atomic E-state index is -2.89. The third-order valence-electron chi connectivity index (χ3n) is 2.04. The van der Waals surface area contributed by atoms with Gasteiger partial charge in [-0.25, -0.2) is 22.2 Å². The number of alkyl halides is 4. The van der Waals surface area contributed by atoms with Gasteiger partial charge in [-0.15, -0.1) is 0 Å². The summed E-state index contributed by atoms with van der Waals surface area (Å²) in [6.07, 6.45) is -5.62. The van der Waals surface area contributed by atoms with E-state index < -0.39 is 31.8 Å². The maximum absolute atomic E-state index is 12.6. The third-order valence-corrected chi connectivity index (χ3v) is 2.04. The zero-order valence-corrected chi connectivity index (χ0v) is 9.04. The second-order valence-corrected chi connectivity index (χ2v) is 3.15. The fourth-order valence-corrected chi connectivity index (χ4v) is 1.34. The Balaban J connectivity index is 3.06. The Morgan fingerprint density at radius 3 is 2.41 bits per heavy atom. The monoisotopic (exact) mass is 256 g/mol. The van der Waals surface area contributed by atoms with Gasteiger partial charge in [-0.05, 0) is 6.92 Å². The second-order valence-electron chi connectivity index (χ2n) is 3.15. The van der Waals surface area contributed by atoms with Crippen LogP contribution in [0, 0.1) is 0 Å². The average Bonchev–Trinajstić information content (AvgIpc) is 2.63. The number of aromatic nitrogens is 2. The lowest BCUT2D eigenvalue weighted by molar-refractivity contribution is 0.0754. The number of aliphatic hydroxyl groups is 1. The molecule has 0 unspecified atom stereocenters. The summed E-state index contributed by atoms with van der Waals surface area (Å²) in [6.45, 7) is 0.108. The number of rotatable bonds is 6. The molecule has 4 nitrogen and oxygen atoms in total.